The van der Waals surface area contributed by atoms with Crippen LogP contribution < -0.4 is 0 Å². The van der Waals surface area contributed by atoms with Crippen molar-refractivity contribution in [2.24, 2.45) is 5.41 Å². The van der Waals surface area contributed by atoms with Crippen LogP contribution in [-0.2, 0) is 0 Å². The minimum Gasteiger partial charge on any atom is -0.393 e. The fraction of sp³-hybridized carbons (Fsp3) is 1.00. The van der Waals surface area contributed by atoms with Crippen LogP contribution in [0.5, 0.6) is 0 Å². The van der Waals surface area contributed by atoms with Crippen molar-refractivity contribution in [3.63, 3.8) is 0 Å². The Morgan fingerprint density at radius 2 is 1.75 bits per heavy atom. The molecular formula is C11H24O. The van der Waals surface area contributed by atoms with Gasteiger partial charge >= 0.3 is 0 Å². The van der Waals surface area contributed by atoms with Crippen molar-refractivity contribution in [2.45, 2.75) is 65.9 Å². The maximum absolute atomic E-state index is 9.61. The SMILES string of the molecule is CCCC(O)CC(C)(C)CCC. The molecule has 1 heteroatoms. The van der Waals surface area contributed by atoms with Gasteiger partial charge in [0.15, 0.2) is 0 Å². The van der Waals surface area contributed by atoms with Crippen molar-refractivity contribution in [1.29, 1.82) is 0 Å². The summed E-state index contributed by atoms with van der Waals surface area (Å²) in [6.07, 6.45) is 5.33. The first kappa shape index (κ1) is 12.0. The minimum absolute atomic E-state index is 0.0865. The Balaban J connectivity index is 3.70. The molecule has 12 heavy (non-hydrogen) atoms. The Morgan fingerprint density at radius 3 is 2.17 bits per heavy atom. The minimum atomic E-state index is -0.0865. The lowest BCUT2D eigenvalue weighted by Crippen LogP contribution is -2.20. The van der Waals surface area contributed by atoms with Crippen LogP contribution in [0, 0.1) is 5.41 Å². The van der Waals surface area contributed by atoms with Gasteiger partial charge in [-0.1, -0.05) is 40.5 Å². The highest BCUT2D eigenvalue weighted by Gasteiger charge is 2.20. The van der Waals surface area contributed by atoms with Crippen molar-refractivity contribution in [3.8, 4) is 0 Å². The lowest BCUT2D eigenvalue weighted by molar-refractivity contribution is 0.101. The number of hydrogen-bond acceptors (Lipinski definition) is 1. The normalized spacial score (nSPS) is 14.8. The largest absolute Gasteiger partial charge is 0.393 e. The van der Waals surface area contributed by atoms with E-state index in [0.717, 1.165) is 19.3 Å². The number of aliphatic hydroxyl groups is 1. The molecule has 0 rings (SSSR count). The summed E-state index contributed by atoms with van der Waals surface area (Å²) >= 11 is 0. The average Bonchev–Trinajstić information content (AvgIpc) is 1.85. The highest BCUT2D eigenvalue weighted by atomic mass is 16.3. The number of hydrogen-bond donors (Lipinski definition) is 1. The topological polar surface area (TPSA) is 20.2 Å². The summed E-state index contributed by atoms with van der Waals surface area (Å²) in [5, 5.41) is 9.61. The molecule has 0 aliphatic rings. The molecular weight excluding hydrogens is 148 g/mol. The molecule has 0 aromatic rings. The molecule has 0 fully saturated rings. The van der Waals surface area contributed by atoms with Gasteiger partial charge in [0.05, 0.1) is 6.10 Å². The van der Waals surface area contributed by atoms with Gasteiger partial charge in [-0.05, 0) is 24.7 Å². The van der Waals surface area contributed by atoms with Gasteiger partial charge in [-0.3, -0.25) is 0 Å². The molecule has 74 valence electrons. The van der Waals surface area contributed by atoms with Gasteiger partial charge < -0.3 is 5.11 Å². The lowest BCUT2D eigenvalue weighted by Gasteiger charge is -2.26. The third-order valence-electron chi connectivity index (χ3n) is 2.34. The van der Waals surface area contributed by atoms with Crippen molar-refractivity contribution in [1.82, 2.24) is 0 Å². The smallest absolute Gasteiger partial charge is 0.0545 e. The molecule has 1 unspecified atom stereocenters. The van der Waals surface area contributed by atoms with Crippen LogP contribution >= 0.6 is 0 Å². The van der Waals surface area contributed by atoms with E-state index in [9.17, 15) is 5.11 Å². The summed E-state index contributed by atoms with van der Waals surface area (Å²) in [6.45, 7) is 8.81. The van der Waals surface area contributed by atoms with E-state index in [1.165, 1.54) is 12.8 Å². The summed E-state index contributed by atoms with van der Waals surface area (Å²) in [7, 11) is 0. The Morgan fingerprint density at radius 1 is 1.17 bits per heavy atom. The molecule has 1 N–H and O–H groups in total. The van der Waals surface area contributed by atoms with Crippen LogP contribution in [0.25, 0.3) is 0 Å². The maximum Gasteiger partial charge on any atom is 0.0545 e. The van der Waals surface area contributed by atoms with Crippen LogP contribution in [0.4, 0.5) is 0 Å². The zero-order valence-corrected chi connectivity index (χ0v) is 9.06. The molecule has 0 amide bonds. The monoisotopic (exact) mass is 172 g/mol. The van der Waals surface area contributed by atoms with Gasteiger partial charge in [-0.25, -0.2) is 0 Å². The molecule has 0 aliphatic heterocycles. The Hall–Kier alpha value is -0.0400. The predicted molar refractivity (Wildman–Crippen MR) is 54.2 cm³/mol. The van der Waals surface area contributed by atoms with E-state index < -0.39 is 0 Å². The number of rotatable bonds is 6. The Bertz CT molecular complexity index is 108. The van der Waals surface area contributed by atoms with Crippen LogP contribution in [0.3, 0.4) is 0 Å². The second-order valence-electron chi connectivity index (χ2n) is 4.56. The first-order valence-corrected chi connectivity index (χ1v) is 5.20. The predicted octanol–water partition coefficient (Wildman–Crippen LogP) is 3.36. The van der Waals surface area contributed by atoms with E-state index in [4.69, 9.17) is 0 Å². The standard InChI is InChI=1S/C11H24O/c1-5-7-10(12)9-11(3,4)8-6-2/h10,12H,5-9H2,1-4H3. The molecule has 0 aliphatic carbocycles. The zero-order chi connectivity index (χ0) is 9.61. The van der Waals surface area contributed by atoms with Gasteiger partial charge in [0.2, 0.25) is 0 Å². The summed E-state index contributed by atoms with van der Waals surface area (Å²) in [5.41, 5.74) is 0.323. The van der Waals surface area contributed by atoms with Crippen molar-refractivity contribution >= 4 is 0 Å². The summed E-state index contributed by atoms with van der Waals surface area (Å²) in [5.74, 6) is 0. The average molecular weight is 172 g/mol. The summed E-state index contributed by atoms with van der Waals surface area (Å²) in [4.78, 5) is 0. The highest BCUT2D eigenvalue weighted by molar-refractivity contribution is 4.72. The second kappa shape index (κ2) is 5.58. The Kier molecular flexibility index (Phi) is 5.56. The van der Waals surface area contributed by atoms with E-state index in [0.29, 0.717) is 5.41 Å². The van der Waals surface area contributed by atoms with Gasteiger partial charge in [0, 0.05) is 0 Å². The van der Waals surface area contributed by atoms with Gasteiger partial charge in [-0.15, -0.1) is 0 Å². The molecule has 0 saturated carbocycles. The highest BCUT2D eigenvalue weighted by Crippen LogP contribution is 2.29. The molecule has 0 saturated heterocycles. The van der Waals surface area contributed by atoms with Crippen molar-refractivity contribution in [3.05, 3.63) is 0 Å². The molecule has 1 nitrogen and oxygen atoms in total. The zero-order valence-electron chi connectivity index (χ0n) is 9.06. The first-order valence-electron chi connectivity index (χ1n) is 5.20. The van der Waals surface area contributed by atoms with Crippen LogP contribution in [0.1, 0.15) is 59.8 Å². The van der Waals surface area contributed by atoms with Crippen LogP contribution in [0.2, 0.25) is 0 Å². The van der Waals surface area contributed by atoms with Crippen LogP contribution in [0.15, 0.2) is 0 Å². The Labute approximate surface area is 77.2 Å². The van der Waals surface area contributed by atoms with E-state index in [-0.39, 0.29) is 6.10 Å². The van der Waals surface area contributed by atoms with Gasteiger partial charge in [0.25, 0.3) is 0 Å². The molecule has 0 spiro atoms. The van der Waals surface area contributed by atoms with E-state index in [1.54, 1.807) is 0 Å². The quantitative estimate of drug-likeness (QED) is 0.651. The van der Waals surface area contributed by atoms with E-state index in [2.05, 4.69) is 27.7 Å². The van der Waals surface area contributed by atoms with Gasteiger partial charge in [0.1, 0.15) is 0 Å². The third-order valence-corrected chi connectivity index (χ3v) is 2.34. The van der Waals surface area contributed by atoms with Crippen LogP contribution in [-0.4, -0.2) is 11.2 Å². The molecule has 0 radical (unpaired) electrons. The molecule has 1 atom stereocenters. The lowest BCUT2D eigenvalue weighted by atomic mass is 9.82. The second-order valence-corrected chi connectivity index (χ2v) is 4.56. The van der Waals surface area contributed by atoms with E-state index >= 15 is 0 Å². The number of aliphatic hydroxyl groups excluding tert-OH is 1. The van der Waals surface area contributed by atoms with Gasteiger partial charge in [-0.2, -0.15) is 0 Å². The summed E-state index contributed by atoms with van der Waals surface area (Å²) in [6, 6.07) is 0. The van der Waals surface area contributed by atoms with E-state index in [1.807, 2.05) is 0 Å². The maximum atomic E-state index is 9.61. The first-order chi connectivity index (χ1) is 5.52. The third kappa shape index (κ3) is 5.59. The molecule has 0 aromatic heterocycles. The van der Waals surface area contributed by atoms with Crippen molar-refractivity contribution < 1.29 is 5.11 Å². The molecule has 0 heterocycles. The fourth-order valence-corrected chi connectivity index (χ4v) is 1.85. The summed E-state index contributed by atoms with van der Waals surface area (Å²) < 4.78 is 0. The molecule has 0 bridgehead atoms. The molecule has 0 aromatic carbocycles. The van der Waals surface area contributed by atoms with Crippen molar-refractivity contribution in [2.75, 3.05) is 0 Å². The fourth-order valence-electron chi connectivity index (χ4n) is 1.85.